The van der Waals surface area contributed by atoms with E-state index >= 15 is 0 Å². The molecular weight excluding hydrogens is 260 g/mol. The topological polar surface area (TPSA) is 55.1 Å². The molecule has 3 heteroatoms. The van der Waals surface area contributed by atoms with Gasteiger partial charge in [-0.05, 0) is 42.7 Å². The Morgan fingerprint density at radius 3 is 2.52 bits per heavy atom. The van der Waals surface area contributed by atoms with E-state index in [1.165, 1.54) is 5.56 Å². The van der Waals surface area contributed by atoms with Crippen LogP contribution < -0.4 is 11.1 Å². The standard InChI is InChI=1S/C18H30N2O/c1-15(16-7-5-4-6-8-16)10-14-20-17(21)9-11-18(2,3)12-13-19/h4-8,15H,9-14,19H2,1-3H3,(H,20,21). The Morgan fingerprint density at radius 1 is 1.24 bits per heavy atom. The lowest BCUT2D eigenvalue weighted by atomic mass is 9.84. The highest BCUT2D eigenvalue weighted by Crippen LogP contribution is 2.25. The molecule has 21 heavy (non-hydrogen) atoms. The van der Waals surface area contributed by atoms with Gasteiger partial charge in [-0.25, -0.2) is 0 Å². The molecule has 0 saturated carbocycles. The molecule has 0 saturated heterocycles. The van der Waals surface area contributed by atoms with Gasteiger partial charge in [0.1, 0.15) is 0 Å². The van der Waals surface area contributed by atoms with Crippen molar-refractivity contribution >= 4 is 5.91 Å². The molecule has 0 spiro atoms. The maximum atomic E-state index is 11.9. The number of benzene rings is 1. The maximum absolute atomic E-state index is 11.9. The van der Waals surface area contributed by atoms with Crippen molar-refractivity contribution in [1.82, 2.24) is 5.32 Å². The third-order valence-corrected chi connectivity index (χ3v) is 4.12. The van der Waals surface area contributed by atoms with Crippen molar-refractivity contribution in [2.45, 2.75) is 52.4 Å². The summed E-state index contributed by atoms with van der Waals surface area (Å²) in [5.41, 5.74) is 7.07. The fraction of sp³-hybridized carbons (Fsp3) is 0.611. The molecule has 1 rings (SSSR count). The van der Waals surface area contributed by atoms with E-state index in [9.17, 15) is 4.79 Å². The van der Waals surface area contributed by atoms with E-state index in [2.05, 4.69) is 50.4 Å². The van der Waals surface area contributed by atoms with Gasteiger partial charge in [-0.15, -0.1) is 0 Å². The Kier molecular flexibility index (Phi) is 7.44. The molecule has 0 aliphatic rings. The molecule has 0 aliphatic carbocycles. The van der Waals surface area contributed by atoms with Crippen LogP contribution >= 0.6 is 0 Å². The zero-order valence-corrected chi connectivity index (χ0v) is 13.7. The number of amides is 1. The first-order valence-electron chi connectivity index (χ1n) is 7.96. The van der Waals surface area contributed by atoms with Crippen molar-refractivity contribution in [1.29, 1.82) is 0 Å². The van der Waals surface area contributed by atoms with Gasteiger partial charge in [0.05, 0.1) is 0 Å². The van der Waals surface area contributed by atoms with Crippen molar-refractivity contribution in [3.8, 4) is 0 Å². The van der Waals surface area contributed by atoms with Gasteiger partial charge in [0.25, 0.3) is 0 Å². The smallest absolute Gasteiger partial charge is 0.220 e. The third kappa shape index (κ3) is 7.28. The second-order valence-corrected chi connectivity index (χ2v) is 6.65. The van der Waals surface area contributed by atoms with Crippen LogP contribution in [0.2, 0.25) is 0 Å². The largest absolute Gasteiger partial charge is 0.356 e. The van der Waals surface area contributed by atoms with Crippen molar-refractivity contribution in [3.05, 3.63) is 35.9 Å². The molecule has 0 radical (unpaired) electrons. The van der Waals surface area contributed by atoms with Gasteiger partial charge < -0.3 is 11.1 Å². The average molecular weight is 290 g/mol. The summed E-state index contributed by atoms with van der Waals surface area (Å²) in [6.45, 7) is 7.97. The van der Waals surface area contributed by atoms with Crippen LogP contribution in [0.15, 0.2) is 30.3 Å². The Balaban J connectivity index is 2.22. The van der Waals surface area contributed by atoms with E-state index in [1.807, 2.05) is 6.07 Å². The molecule has 3 N–H and O–H groups in total. The van der Waals surface area contributed by atoms with Gasteiger partial charge in [0.15, 0.2) is 0 Å². The van der Waals surface area contributed by atoms with Crippen LogP contribution in [-0.4, -0.2) is 19.0 Å². The SMILES string of the molecule is CC(CCNC(=O)CCC(C)(C)CCN)c1ccccc1. The van der Waals surface area contributed by atoms with Crippen LogP contribution in [0.3, 0.4) is 0 Å². The van der Waals surface area contributed by atoms with Gasteiger partial charge in [-0.2, -0.15) is 0 Å². The Bertz CT molecular complexity index is 414. The van der Waals surface area contributed by atoms with Crippen LogP contribution in [0.25, 0.3) is 0 Å². The van der Waals surface area contributed by atoms with Crippen molar-refractivity contribution in [3.63, 3.8) is 0 Å². The summed E-state index contributed by atoms with van der Waals surface area (Å²) in [6, 6.07) is 10.4. The summed E-state index contributed by atoms with van der Waals surface area (Å²) in [5.74, 6) is 0.625. The monoisotopic (exact) mass is 290 g/mol. The minimum absolute atomic E-state index is 0.153. The van der Waals surface area contributed by atoms with Gasteiger partial charge in [-0.3, -0.25) is 4.79 Å². The number of rotatable bonds is 9. The van der Waals surface area contributed by atoms with Crippen molar-refractivity contribution < 1.29 is 4.79 Å². The van der Waals surface area contributed by atoms with Crippen LogP contribution in [0.1, 0.15) is 57.9 Å². The summed E-state index contributed by atoms with van der Waals surface area (Å²) in [5, 5.41) is 3.03. The first-order valence-corrected chi connectivity index (χ1v) is 7.96. The quantitative estimate of drug-likeness (QED) is 0.732. The lowest BCUT2D eigenvalue weighted by molar-refractivity contribution is -0.121. The molecule has 3 nitrogen and oxygen atoms in total. The molecule has 0 fully saturated rings. The van der Waals surface area contributed by atoms with Crippen molar-refractivity contribution in [2.24, 2.45) is 11.1 Å². The third-order valence-electron chi connectivity index (χ3n) is 4.12. The molecule has 0 bridgehead atoms. The van der Waals surface area contributed by atoms with Crippen molar-refractivity contribution in [2.75, 3.05) is 13.1 Å². The summed E-state index contributed by atoms with van der Waals surface area (Å²) in [4.78, 5) is 11.9. The first-order chi connectivity index (χ1) is 9.94. The number of hydrogen-bond donors (Lipinski definition) is 2. The summed E-state index contributed by atoms with van der Waals surface area (Å²) < 4.78 is 0. The average Bonchev–Trinajstić information content (AvgIpc) is 2.46. The van der Waals surface area contributed by atoms with Crippen LogP contribution in [0.4, 0.5) is 0 Å². The van der Waals surface area contributed by atoms with E-state index in [-0.39, 0.29) is 11.3 Å². The van der Waals surface area contributed by atoms with E-state index < -0.39 is 0 Å². The minimum Gasteiger partial charge on any atom is -0.356 e. The summed E-state index contributed by atoms with van der Waals surface area (Å²) in [6.07, 6.45) is 3.42. The number of nitrogens with two attached hydrogens (primary N) is 1. The van der Waals surface area contributed by atoms with Crippen LogP contribution in [-0.2, 0) is 4.79 Å². The van der Waals surface area contributed by atoms with E-state index in [1.54, 1.807) is 0 Å². The Labute approximate surface area is 129 Å². The summed E-state index contributed by atoms with van der Waals surface area (Å²) >= 11 is 0. The molecular formula is C18H30N2O. The normalized spacial score (nSPS) is 13.0. The molecule has 1 unspecified atom stereocenters. The van der Waals surface area contributed by atoms with Gasteiger partial charge >= 0.3 is 0 Å². The highest BCUT2D eigenvalue weighted by molar-refractivity contribution is 5.75. The molecule has 1 aromatic carbocycles. The molecule has 0 heterocycles. The Morgan fingerprint density at radius 2 is 1.90 bits per heavy atom. The summed E-state index contributed by atoms with van der Waals surface area (Å²) in [7, 11) is 0. The van der Waals surface area contributed by atoms with Gasteiger partial charge in [0.2, 0.25) is 5.91 Å². The molecule has 1 aromatic rings. The predicted octanol–water partition coefficient (Wildman–Crippen LogP) is 3.45. The highest BCUT2D eigenvalue weighted by atomic mass is 16.1. The molecule has 118 valence electrons. The van der Waals surface area contributed by atoms with E-state index in [0.29, 0.717) is 18.9 Å². The number of hydrogen-bond acceptors (Lipinski definition) is 2. The van der Waals surface area contributed by atoms with Gasteiger partial charge in [-0.1, -0.05) is 51.1 Å². The zero-order chi connectivity index (χ0) is 15.7. The number of nitrogens with one attached hydrogen (secondary N) is 1. The lowest BCUT2D eigenvalue weighted by Crippen LogP contribution is -2.27. The van der Waals surface area contributed by atoms with Crippen LogP contribution in [0.5, 0.6) is 0 Å². The van der Waals surface area contributed by atoms with Gasteiger partial charge in [0, 0.05) is 13.0 Å². The molecule has 1 atom stereocenters. The number of carbonyl (C=O) groups excluding carboxylic acids is 1. The highest BCUT2D eigenvalue weighted by Gasteiger charge is 2.18. The van der Waals surface area contributed by atoms with Crippen LogP contribution in [0, 0.1) is 5.41 Å². The molecule has 0 aliphatic heterocycles. The second-order valence-electron chi connectivity index (χ2n) is 6.65. The second kappa shape index (κ2) is 8.83. The Hall–Kier alpha value is -1.35. The molecule has 1 amide bonds. The number of carbonyl (C=O) groups is 1. The zero-order valence-electron chi connectivity index (χ0n) is 13.7. The first kappa shape index (κ1) is 17.7. The predicted molar refractivity (Wildman–Crippen MR) is 89.2 cm³/mol. The fourth-order valence-electron chi connectivity index (χ4n) is 2.43. The molecule has 0 aromatic heterocycles. The minimum atomic E-state index is 0.153. The maximum Gasteiger partial charge on any atom is 0.220 e. The van der Waals surface area contributed by atoms with E-state index in [0.717, 1.165) is 25.8 Å². The lowest BCUT2D eigenvalue weighted by Gasteiger charge is -2.23. The van der Waals surface area contributed by atoms with E-state index in [4.69, 9.17) is 5.73 Å². The fourth-order valence-corrected chi connectivity index (χ4v) is 2.43.